The van der Waals surface area contributed by atoms with E-state index < -0.39 is 0 Å². The van der Waals surface area contributed by atoms with E-state index in [-0.39, 0.29) is 0 Å². The van der Waals surface area contributed by atoms with Gasteiger partial charge in [-0.2, -0.15) is 0 Å². The van der Waals surface area contributed by atoms with Gasteiger partial charge in [-0.05, 0) is 31.0 Å². The van der Waals surface area contributed by atoms with E-state index in [1.165, 1.54) is 25.9 Å². The van der Waals surface area contributed by atoms with Crippen LogP contribution in [0, 0.1) is 0 Å². The molecule has 5 heterocycles. The summed E-state index contributed by atoms with van der Waals surface area (Å²) in [5, 5.41) is 8.78. The molecule has 0 amide bonds. The molecule has 2 aromatic heterocycles. The lowest BCUT2D eigenvalue weighted by molar-refractivity contribution is 0.250. The topological polar surface area (TPSA) is 45.4 Å². The predicted molar refractivity (Wildman–Crippen MR) is 76.5 cm³/mol. The summed E-state index contributed by atoms with van der Waals surface area (Å²) >= 11 is 0. The molecule has 2 bridgehead atoms. The first-order valence-corrected chi connectivity index (χ1v) is 7.25. The second kappa shape index (κ2) is 4.90. The molecule has 5 nitrogen and oxygen atoms in total. The third kappa shape index (κ3) is 2.08. The molecule has 5 rings (SSSR count). The van der Waals surface area contributed by atoms with Crippen LogP contribution in [0.5, 0.6) is 0 Å². The Kier molecular flexibility index (Phi) is 2.92. The highest BCUT2D eigenvalue weighted by Gasteiger charge is 2.29. The average molecular weight is 270 g/mol. The Labute approximate surface area is 118 Å². The Morgan fingerprint density at radius 1 is 1.00 bits per heavy atom. The molecular formula is C15H18N4O. The molecule has 3 aliphatic rings. The molecule has 0 unspecified atom stereocenters. The van der Waals surface area contributed by atoms with Crippen molar-refractivity contribution in [1.29, 1.82) is 0 Å². The van der Waals surface area contributed by atoms with E-state index in [4.69, 9.17) is 4.42 Å². The number of aromatic nitrogens is 2. The second-order valence-corrected chi connectivity index (χ2v) is 5.56. The van der Waals surface area contributed by atoms with E-state index in [1.807, 2.05) is 12.1 Å². The molecule has 3 aliphatic heterocycles. The summed E-state index contributed by atoms with van der Waals surface area (Å²) < 4.78 is 5.09. The Morgan fingerprint density at radius 2 is 1.90 bits per heavy atom. The minimum atomic E-state index is 0.628. The highest BCUT2D eigenvalue weighted by atomic mass is 16.3. The van der Waals surface area contributed by atoms with E-state index >= 15 is 0 Å². The van der Waals surface area contributed by atoms with Gasteiger partial charge in [0, 0.05) is 37.8 Å². The fourth-order valence-electron chi connectivity index (χ4n) is 3.23. The maximum absolute atomic E-state index is 5.09. The lowest BCUT2D eigenvalue weighted by atomic mass is 10.1. The number of nitrogens with zero attached hydrogens (tertiary/aromatic N) is 4. The molecule has 20 heavy (non-hydrogen) atoms. The predicted octanol–water partition coefficient (Wildman–Crippen LogP) is 2.02. The van der Waals surface area contributed by atoms with Crippen LogP contribution in [0.1, 0.15) is 12.8 Å². The molecule has 104 valence electrons. The molecule has 0 radical (unpaired) electrons. The lowest BCUT2D eigenvalue weighted by Gasteiger charge is -2.31. The van der Waals surface area contributed by atoms with Crippen LogP contribution in [0.4, 0.5) is 5.82 Å². The van der Waals surface area contributed by atoms with Crippen LogP contribution in [0.2, 0.25) is 0 Å². The summed E-state index contributed by atoms with van der Waals surface area (Å²) in [5.41, 5.74) is 1.84. The molecule has 2 aromatic rings. The van der Waals surface area contributed by atoms with Gasteiger partial charge in [0.1, 0.15) is 0 Å². The normalized spacial score (nSPS) is 25.7. The first-order valence-electron chi connectivity index (χ1n) is 7.25. The summed E-state index contributed by atoms with van der Waals surface area (Å²) in [6.45, 7) is 4.65. The summed E-state index contributed by atoms with van der Waals surface area (Å²) in [6.07, 6.45) is 5.84. The monoisotopic (exact) mass is 270 g/mol. The van der Waals surface area contributed by atoms with Gasteiger partial charge in [-0.15, -0.1) is 10.2 Å². The van der Waals surface area contributed by atoms with E-state index in [1.54, 1.807) is 12.5 Å². The number of fused-ring (bicyclic) bond motifs is 4. The zero-order valence-corrected chi connectivity index (χ0v) is 11.4. The minimum Gasteiger partial charge on any atom is -0.472 e. The molecule has 0 aliphatic carbocycles. The molecule has 3 saturated heterocycles. The maximum atomic E-state index is 5.09. The second-order valence-electron chi connectivity index (χ2n) is 5.56. The smallest absolute Gasteiger partial charge is 0.151 e. The fraction of sp³-hybridized carbons (Fsp3) is 0.467. The van der Waals surface area contributed by atoms with Gasteiger partial charge in [-0.1, -0.05) is 0 Å². The highest BCUT2D eigenvalue weighted by Crippen LogP contribution is 2.26. The van der Waals surface area contributed by atoms with Gasteiger partial charge < -0.3 is 14.2 Å². The summed E-state index contributed by atoms with van der Waals surface area (Å²) in [7, 11) is 0. The Hall–Kier alpha value is -1.88. The molecule has 3 fully saturated rings. The zero-order valence-electron chi connectivity index (χ0n) is 11.4. The first-order chi connectivity index (χ1) is 9.90. The molecule has 0 atom stereocenters. The van der Waals surface area contributed by atoms with Gasteiger partial charge in [0.2, 0.25) is 0 Å². The van der Waals surface area contributed by atoms with Crippen molar-refractivity contribution >= 4 is 5.82 Å². The van der Waals surface area contributed by atoms with Crippen LogP contribution in [-0.2, 0) is 0 Å². The summed E-state index contributed by atoms with van der Waals surface area (Å²) in [4.78, 5) is 4.98. The summed E-state index contributed by atoms with van der Waals surface area (Å²) in [6, 6.07) is 6.65. The molecule has 0 saturated carbocycles. The van der Waals surface area contributed by atoms with Crippen LogP contribution in [0.15, 0.2) is 35.1 Å². The minimum absolute atomic E-state index is 0.628. The van der Waals surface area contributed by atoms with Crippen molar-refractivity contribution < 1.29 is 4.42 Å². The van der Waals surface area contributed by atoms with Gasteiger partial charge in [0.15, 0.2) is 5.82 Å². The molecule has 0 N–H and O–H groups in total. The van der Waals surface area contributed by atoms with E-state index in [9.17, 15) is 0 Å². The Bertz CT molecular complexity index is 558. The van der Waals surface area contributed by atoms with Crippen molar-refractivity contribution in [1.82, 2.24) is 15.1 Å². The SMILES string of the molecule is c1cc(-c2ccc(N3CCN4CCC3CC4)nn2)co1. The number of hydrogen-bond donors (Lipinski definition) is 0. The van der Waals surface area contributed by atoms with Crippen molar-refractivity contribution in [3.05, 3.63) is 30.7 Å². The van der Waals surface area contributed by atoms with E-state index in [2.05, 4.69) is 26.1 Å². The Balaban J connectivity index is 1.59. The van der Waals surface area contributed by atoms with Gasteiger partial charge in [-0.25, -0.2) is 0 Å². The lowest BCUT2D eigenvalue weighted by Crippen LogP contribution is -2.38. The number of piperidine rings is 1. The first kappa shape index (κ1) is 11.9. The highest BCUT2D eigenvalue weighted by molar-refractivity contribution is 5.58. The third-order valence-corrected chi connectivity index (χ3v) is 4.42. The van der Waals surface area contributed by atoms with Crippen molar-refractivity contribution in [3.63, 3.8) is 0 Å². The number of furan rings is 1. The molecule has 0 aromatic carbocycles. The van der Waals surface area contributed by atoms with Gasteiger partial charge in [0.05, 0.1) is 18.2 Å². The molecule has 5 heteroatoms. The van der Waals surface area contributed by atoms with Crippen LogP contribution in [-0.4, -0.2) is 47.3 Å². The van der Waals surface area contributed by atoms with Crippen LogP contribution >= 0.6 is 0 Å². The zero-order chi connectivity index (χ0) is 13.4. The van der Waals surface area contributed by atoms with Crippen LogP contribution in [0.25, 0.3) is 11.3 Å². The van der Waals surface area contributed by atoms with Crippen molar-refractivity contribution in [2.75, 3.05) is 31.1 Å². The fourth-order valence-corrected chi connectivity index (χ4v) is 3.23. The quantitative estimate of drug-likeness (QED) is 0.835. The van der Waals surface area contributed by atoms with Crippen LogP contribution in [0.3, 0.4) is 0 Å². The number of rotatable bonds is 2. The largest absolute Gasteiger partial charge is 0.472 e. The number of anilines is 1. The third-order valence-electron chi connectivity index (χ3n) is 4.42. The van der Waals surface area contributed by atoms with E-state index in [0.717, 1.165) is 30.2 Å². The van der Waals surface area contributed by atoms with Gasteiger partial charge >= 0.3 is 0 Å². The van der Waals surface area contributed by atoms with Crippen molar-refractivity contribution in [2.45, 2.75) is 18.9 Å². The van der Waals surface area contributed by atoms with Crippen LogP contribution < -0.4 is 4.90 Å². The average Bonchev–Trinajstić information content (AvgIpc) is 2.88. The Morgan fingerprint density at radius 3 is 2.60 bits per heavy atom. The summed E-state index contributed by atoms with van der Waals surface area (Å²) in [5.74, 6) is 1.01. The standard InChI is InChI=1S/C15H18N4O/c1-2-15(17-16-14(1)12-5-10-20-11-12)19-9-8-18-6-3-13(19)4-7-18/h1-2,5,10-11,13H,3-4,6-9H2. The van der Waals surface area contributed by atoms with Crippen molar-refractivity contribution in [3.8, 4) is 11.3 Å². The van der Waals surface area contributed by atoms with E-state index in [0.29, 0.717) is 6.04 Å². The van der Waals surface area contributed by atoms with Crippen molar-refractivity contribution in [2.24, 2.45) is 0 Å². The van der Waals surface area contributed by atoms with Gasteiger partial charge in [-0.3, -0.25) is 0 Å². The van der Waals surface area contributed by atoms with Gasteiger partial charge in [0.25, 0.3) is 0 Å². The molecular weight excluding hydrogens is 252 g/mol. The number of hydrogen-bond acceptors (Lipinski definition) is 5. The molecule has 0 spiro atoms. The maximum Gasteiger partial charge on any atom is 0.151 e.